The largest absolute Gasteiger partial charge is 0.396 e. The van der Waals surface area contributed by atoms with E-state index in [1.807, 2.05) is 0 Å². The van der Waals surface area contributed by atoms with Gasteiger partial charge in [0, 0.05) is 18.8 Å². The molecule has 14 heavy (non-hydrogen) atoms. The Labute approximate surface area is 87.5 Å². The van der Waals surface area contributed by atoms with Crippen molar-refractivity contribution >= 4 is 0 Å². The number of rotatable bonds is 9. The maximum Gasteiger partial charge on any atom is 0.0448 e. The van der Waals surface area contributed by atoms with Gasteiger partial charge in [-0.05, 0) is 45.6 Å². The number of hydrogen-bond acceptors (Lipinski definition) is 3. The lowest BCUT2D eigenvalue weighted by atomic mass is 9.95. The third-order valence-electron chi connectivity index (χ3n) is 2.83. The van der Waals surface area contributed by atoms with E-state index in [1.54, 1.807) is 0 Å². The molecule has 0 aromatic carbocycles. The first-order valence-electron chi connectivity index (χ1n) is 5.65. The monoisotopic (exact) mass is 203 g/mol. The zero-order valence-corrected chi connectivity index (χ0v) is 9.55. The first-order chi connectivity index (χ1) is 6.68. The van der Waals surface area contributed by atoms with Crippen molar-refractivity contribution in [2.75, 3.05) is 19.8 Å². The van der Waals surface area contributed by atoms with Crippen molar-refractivity contribution in [3.8, 4) is 0 Å². The minimum Gasteiger partial charge on any atom is -0.396 e. The van der Waals surface area contributed by atoms with Gasteiger partial charge in [-0.3, -0.25) is 0 Å². The number of hydrogen-bond donors (Lipinski definition) is 3. The number of aliphatic hydroxyl groups is 2. The van der Waals surface area contributed by atoms with Crippen LogP contribution in [-0.2, 0) is 0 Å². The molecule has 0 heterocycles. The maximum absolute atomic E-state index is 8.90. The van der Waals surface area contributed by atoms with Crippen molar-refractivity contribution in [1.82, 2.24) is 5.32 Å². The van der Waals surface area contributed by atoms with Crippen molar-refractivity contribution < 1.29 is 10.2 Å². The minimum absolute atomic E-state index is 0.0773. The average molecular weight is 203 g/mol. The topological polar surface area (TPSA) is 52.5 Å². The van der Waals surface area contributed by atoms with Crippen LogP contribution in [0.1, 0.15) is 46.0 Å². The molecule has 1 unspecified atom stereocenters. The van der Waals surface area contributed by atoms with E-state index in [2.05, 4.69) is 19.2 Å². The normalized spacial score (nSPS) is 15.4. The molecule has 0 aliphatic rings. The van der Waals surface area contributed by atoms with Crippen LogP contribution in [-0.4, -0.2) is 35.5 Å². The summed E-state index contributed by atoms with van der Waals surface area (Å²) in [5, 5.41) is 21.0. The third-order valence-corrected chi connectivity index (χ3v) is 2.83. The van der Waals surface area contributed by atoms with Crippen molar-refractivity contribution in [1.29, 1.82) is 0 Å². The Morgan fingerprint density at radius 2 is 1.79 bits per heavy atom. The molecule has 0 bridgehead atoms. The van der Waals surface area contributed by atoms with E-state index in [4.69, 9.17) is 10.2 Å². The summed E-state index contributed by atoms with van der Waals surface area (Å²) in [6.07, 6.45) is 4.91. The lowest BCUT2D eigenvalue weighted by Gasteiger charge is -2.29. The van der Waals surface area contributed by atoms with Gasteiger partial charge in [-0.2, -0.15) is 0 Å². The molecule has 0 aromatic heterocycles. The van der Waals surface area contributed by atoms with Gasteiger partial charge in [-0.15, -0.1) is 0 Å². The van der Waals surface area contributed by atoms with Gasteiger partial charge in [0.25, 0.3) is 0 Å². The van der Waals surface area contributed by atoms with Gasteiger partial charge in [0.15, 0.2) is 0 Å². The fraction of sp³-hybridized carbons (Fsp3) is 1.00. The highest BCUT2D eigenvalue weighted by Gasteiger charge is 2.19. The second-order valence-corrected chi connectivity index (χ2v) is 4.10. The van der Waals surface area contributed by atoms with Crippen LogP contribution in [0, 0.1) is 0 Å². The zero-order valence-electron chi connectivity index (χ0n) is 9.55. The van der Waals surface area contributed by atoms with E-state index in [0.29, 0.717) is 6.61 Å². The third kappa shape index (κ3) is 6.35. The molecule has 0 amide bonds. The quantitative estimate of drug-likeness (QED) is 0.495. The molecule has 0 rings (SSSR count). The van der Waals surface area contributed by atoms with Gasteiger partial charge < -0.3 is 15.5 Å². The molecule has 0 aliphatic heterocycles. The van der Waals surface area contributed by atoms with Gasteiger partial charge in [-0.1, -0.05) is 6.92 Å². The molecule has 3 heteroatoms. The highest BCUT2D eigenvalue weighted by atomic mass is 16.3. The summed E-state index contributed by atoms with van der Waals surface area (Å²) >= 11 is 0. The Morgan fingerprint density at radius 1 is 1.07 bits per heavy atom. The summed E-state index contributed by atoms with van der Waals surface area (Å²) in [7, 11) is 0. The second-order valence-electron chi connectivity index (χ2n) is 4.10. The minimum atomic E-state index is 0.0773. The van der Waals surface area contributed by atoms with E-state index in [1.165, 1.54) is 0 Å². The number of unbranched alkanes of at least 4 members (excludes halogenated alkanes) is 2. The molecule has 86 valence electrons. The summed E-state index contributed by atoms with van der Waals surface area (Å²) < 4.78 is 0. The molecular formula is C11H25NO2. The van der Waals surface area contributed by atoms with Crippen LogP contribution in [0.3, 0.4) is 0 Å². The van der Waals surface area contributed by atoms with Gasteiger partial charge in [-0.25, -0.2) is 0 Å². The van der Waals surface area contributed by atoms with Crippen molar-refractivity contribution in [3.05, 3.63) is 0 Å². The van der Waals surface area contributed by atoms with E-state index in [0.717, 1.165) is 38.6 Å². The molecule has 3 N–H and O–H groups in total. The summed E-state index contributed by atoms with van der Waals surface area (Å²) in [4.78, 5) is 0. The highest BCUT2D eigenvalue weighted by Crippen LogP contribution is 2.13. The summed E-state index contributed by atoms with van der Waals surface area (Å²) in [6, 6.07) is 0. The molecule has 0 aliphatic carbocycles. The van der Waals surface area contributed by atoms with Crippen LogP contribution in [0.15, 0.2) is 0 Å². The average Bonchev–Trinajstić information content (AvgIpc) is 2.18. The van der Waals surface area contributed by atoms with Crippen molar-refractivity contribution in [3.63, 3.8) is 0 Å². The van der Waals surface area contributed by atoms with E-state index in [9.17, 15) is 0 Å². The number of aliphatic hydroxyl groups excluding tert-OH is 2. The Morgan fingerprint density at radius 3 is 2.29 bits per heavy atom. The van der Waals surface area contributed by atoms with Gasteiger partial charge in [0.2, 0.25) is 0 Å². The smallest absolute Gasteiger partial charge is 0.0448 e. The fourth-order valence-electron chi connectivity index (χ4n) is 1.44. The summed E-state index contributed by atoms with van der Waals surface area (Å²) in [5.74, 6) is 0. The van der Waals surface area contributed by atoms with E-state index >= 15 is 0 Å². The highest BCUT2D eigenvalue weighted by molar-refractivity contribution is 4.80. The second kappa shape index (κ2) is 8.21. The first-order valence-corrected chi connectivity index (χ1v) is 5.65. The van der Waals surface area contributed by atoms with Gasteiger partial charge in [0.1, 0.15) is 0 Å². The predicted molar refractivity (Wildman–Crippen MR) is 59.3 cm³/mol. The van der Waals surface area contributed by atoms with E-state index in [-0.39, 0.29) is 12.1 Å². The van der Waals surface area contributed by atoms with Crippen LogP contribution in [0.5, 0.6) is 0 Å². The fourth-order valence-corrected chi connectivity index (χ4v) is 1.44. The predicted octanol–water partition coefficient (Wildman–Crippen LogP) is 1.29. The molecule has 0 saturated heterocycles. The molecule has 0 spiro atoms. The van der Waals surface area contributed by atoms with E-state index < -0.39 is 0 Å². The summed E-state index contributed by atoms with van der Waals surface area (Å²) in [5.41, 5.74) is 0.0773. The molecule has 0 fully saturated rings. The first kappa shape index (κ1) is 13.9. The lowest BCUT2D eigenvalue weighted by Crippen LogP contribution is -2.43. The van der Waals surface area contributed by atoms with Crippen LogP contribution in [0.2, 0.25) is 0 Å². The van der Waals surface area contributed by atoms with Crippen LogP contribution in [0.4, 0.5) is 0 Å². The summed E-state index contributed by atoms with van der Waals surface area (Å²) in [6.45, 7) is 5.80. The molecule has 0 radical (unpaired) electrons. The van der Waals surface area contributed by atoms with Crippen LogP contribution < -0.4 is 5.32 Å². The Hall–Kier alpha value is -0.120. The molecule has 3 nitrogen and oxygen atoms in total. The standard InChI is InChI=1S/C11H25NO2/c1-3-11(2,7-10-14)12-8-5-4-6-9-13/h12-14H,3-10H2,1-2H3. The molecular weight excluding hydrogens is 178 g/mol. The molecule has 0 aromatic rings. The van der Waals surface area contributed by atoms with Crippen molar-refractivity contribution in [2.45, 2.75) is 51.5 Å². The van der Waals surface area contributed by atoms with Crippen molar-refractivity contribution in [2.24, 2.45) is 0 Å². The Kier molecular flexibility index (Phi) is 8.14. The molecule has 1 atom stereocenters. The lowest BCUT2D eigenvalue weighted by molar-refractivity contribution is 0.214. The SMILES string of the molecule is CCC(C)(CCO)NCCCCCO. The Bertz CT molecular complexity index is 130. The maximum atomic E-state index is 8.90. The van der Waals surface area contributed by atoms with Crippen LogP contribution >= 0.6 is 0 Å². The van der Waals surface area contributed by atoms with Crippen LogP contribution in [0.25, 0.3) is 0 Å². The molecule has 0 saturated carbocycles. The van der Waals surface area contributed by atoms with Gasteiger partial charge >= 0.3 is 0 Å². The number of nitrogens with one attached hydrogen (secondary N) is 1. The van der Waals surface area contributed by atoms with Gasteiger partial charge in [0.05, 0.1) is 0 Å². The zero-order chi connectivity index (χ0) is 10.9. The Balaban J connectivity index is 3.51.